The third-order valence-corrected chi connectivity index (χ3v) is 2.80. The maximum Gasteiger partial charge on any atom is 0.433 e. The number of alkyl halides is 3. The zero-order valence-electron chi connectivity index (χ0n) is 10.4. The average Bonchev–Trinajstić information content (AvgIpc) is 2.41. The zero-order chi connectivity index (χ0) is 15.6. The van der Waals surface area contributed by atoms with Gasteiger partial charge in [-0.3, -0.25) is 4.98 Å². The molecule has 0 atom stereocenters. The van der Waals surface area contributed by atoms with Crippen LogP contribution in [-0.2, 0) is 12.6 Å². The van der Waals surface area contributed by atoms with E-state index in [0.29, 0.717) is 0 Å². The van der Waals surface area contributed by atoms with Crippen LogP contribution in [-0.4, -0.2) is 4.98 Å². The molecule has 7 heteroatoms. The van der Waals surface area contributed by atoms with E-state index in [9.17, 15) is 22.0 Å². The number of nitriles is 1. The Hall–Kier alpha value is -2.49. The van der Waals surface area contributed by atoms with Gasteiger partial charge in [-0.2, -0.15) is 18.4 Å². The average molecular weight is 298 g/mol. The topological polar surface area (TPSA) is 36.7 Å². The smallest absolute Gasteiger partial charge is 0.251 e. The minimum absolute atomic E-state index is 0.0654. The monoisotopic (exact) mass is 298 g/mol. The number of nitrogens with zero attached hydrogens (tertiary/aromatic N) is 2. The van der Waals surface area contributed by atoms with Gasteiger partial charge >= 0.3 is 6.18 Å². The molecular formula is C14H7F5N2. The van der Waals surface area contributed by atoms with Crippen LogP contribution in [0.3, 0.4) is 0 Å². The lowest BCUT2D eigenvalue weighted by Gasteiger charge is -2.15. The highest BCUT2D eigenvalue weighted by molar-refractivity contribution is 5.71. The molecule has 0 spiro atoms. The Morgan fingerprint density at radius 3 is 2.48 bits per heavy atom. The van der Waals surface area contributed by atoms with Crippen molar-refractivity contribution in [2.75, 3.05) is 0 Å². The molecule has 0 saturated heterocycles. The van der Waals surface area contributed by atoms with Gasteiger partial charge in [0.25, 0.3) is 0 Å². The van der Waals surface area contributed by atoms with Crippen LogP contribution >= 0.6 is 0 Å². The van der Waals surface area contributed by atoms with E-state index in [1.165, 1.54) is 6.07 Å². The molecule has 0 saturated carbocycles. The van der Waals surface area contributed by atoms with Gasteiger partial charge in [0.2, 0.25) is 0 Å². The number of aromatic nitrogens is 1. The van der Waals surface area contributed by atoms with E-state index in [1.807, 2.05) is 0 Å². The van der Waals surface area contributed by atoms with Crippen molar-refractivity contribution in [2.24, 2.45) is 0 Å². The number of rotatable bonds is 2. The molecule has 2 rings (SSSR count). The van der Waals surface area contributed by atoms with Crippen molar-refractivity contribution in [3.63, 3.8) is 0 Å². The number of hydrogen-bond acceptors (Lipinski definition) is 2. The van der Waals surface area contributed by atoms with E-state index < -0.39 is 34.6 Å². The summed E-state index contributed by atoms with van der Waals surface area (Å²) in [5, 5.41) is 8.69. The molecule has 0 unspecified atom stereocenters. The van der Waals surface area contributed by atoms with E-state index in [0.717, 1.165) is 24.4 Å². The Bertz CT molecular complexity index is 716. The van der Waals surface area contributed by atoms with Crippen LogP contribution in [0.15, 0.2) is 30.5 Å². The van der Waals surface area contributed by atoms with Crippen LogP contribution < -0.4 is 0 Å². The summed E-state index contributed by atoms with van der Waals surface area (Å²) >= 11 is 0. The first-order chi connectivity index (χ1) is 9.86. The second kappa shape index (κ2) is 5.48. The van der Waals surface area contributed by atoms with E-state index in [-0.39, 0.29) is 12.0 Å². The summed E-state index contributed by atoms with van der Waals surface area (Å²) in [6.45, 7) is 0. The standard InChI is InChI=1S/C14H7F5N2/c15-10-3-1-2-9(12(10)16)11-8(4-6-20)5-7-21-13(11)14(17,18)19/h1-3,5,7H,4H2. The lowest BCUT2D eigenvalue weighted by atomic mass is 9.96. The van der Waals surface area contributed by atoms with Crippen molar-refractivity contribution in [3.8, 4) is 17.2 Å². The summed E-state index contributed by atoms with van der Waals surface area (Å²) in [5.74, 6) is -2.68. The van der Waals surface area contributed by atoms with Gasteiger partial charge in [0, 0.05) is 17.3 Å². The van der Waals surface area contributed by atoms with Crippen LogP contribution in [0.2, 0.25) is 0 Å². The molecule has 1 heterocycles. The van der Waals surface area contributed by atoms with Crippen molar-refractivity contribution in [2.45, 2.75) is 12.6 Å². The molecule has 0 aliphatic rings. The fourth-order valence-corrected chi connectivity index (χ4v) is 1.95. The first-order valence-electron chi connectivity index (χ1n) is 5.72. The summed E-state index contributed by atoms with van der Waals surface area (Å²) in [6, 6.07) is 5.79. The van der Waals surface area contributed by atoms with Gasteiger partial charge in [0.05, 0.1) is 12.5 Å². The van der Waals surface area contributed by atoms with E-state index in [4.69, 9.17) is 5.26 Å². The predicted octanol–water partition coefficient (Wildman–Crippen LogP) is 4.11. The lowest BCUT2D eigenvalue weighted by Crippen LogP contribution is -2.12. The molecule has 1 aromatic heterocycles. The van der Waals surface area contributed by atoms with Gasteiger partial charge < -0.3 is 0 Å². The van der Waals surface area contributed by atoms with E-state index >= 15 is 0 Å². The summed E-state index contributed by atoms with van der Waals surface area (Å²) < 4.78 is 66.2. The molecule has 0 amide bonds. The molecule has 1 aromatic carbocycles. The van der Waals surface area contributed by atoms with Crippen molar-refractivity contribution in [3.05, 3.63) is 53.4 Å². The van der Waals surface area contributed by atoms with Gasteiger partial charge in [0.1, 0.15) is 0 Å². The predicted molar refractivity (Wildman–Crippen MR) is 63.9 cm³/mol. The molecule has 2 nitrogen and oxygen atoms in total. The minimum Gasteiger partial charge on any atom is -0.251 e. The molecule has 0 aliphatic carbocycles. The van der Waals surface area contributed by atoms with Crippen molar-refractivity contribution < 1.29 is 22.0 Å². The highest BCUT2D eigenvalue weighted by Crippen LogP contribution is 2.38. The molecule has 0 bridgehead atoms. The quantitative estimate of drug-likeness (QED) is 0.782. The van der Waals surface area contributed by atoms with Crippen LogP contribution in [0.1, 0.15) is 11.3 Å². The third kappa shape index (κ3) is 2.84. The van der Waals surface area contributed by atoms with Crippen LogP contribution in [0.4, 0.5) is 22.0 Å². The highest BCUT2D eigenvalue weighted by atomic mass is 19.4. The fraction of sp³-hybridized carbons (Fsp3) is 0.143. The molecule has 2 aromatic rings. The molecule has 108 valence electrons. The summed E-state index contributed by atoms with van der Waals surface area (Å²) in [5.41, 5.74) is -2.59. The number of halogens is 5. The molecule has 0 N–H and O–H groups in total. The third-order valence-electron chi connectivity index (χ3n) is 2.80. The van der Waals surface area contributed by atoms with Crippen molar-refractivity contribution in [1.29, 1.82) is 5.26 Å². The Balaban J connectivity index is 2.82. The molecule has 0 fully saturated rings. The van der Waals surface area contributed by atoms with Crippen molar-refractivity contribution in [1.82, 2.24) is 4.98 Å². The molecular weight excluding hydrogens is 291 g/mol. The summed E-state index contributed by atoms with van der Waals surface area (Å²) in [6.07, 6.45) is -4.34. The Morgan fingerprint density at radius 1 is 1.14 bits per heavy atom. The Morgan fingerprint density at radius 2 is 1.86 bits per heavy atom. The molecule has 0 radical (unpaired) electrons. The van der Waals surface area contributed by atoms with Gasteiger partial charge in [-0.25, -0.2) is 8.78 Å². The van der Waals surface area contributed by atoms with E-state index in [1.54, 1.807) is 6.07 Å². The van der Waals surface area contributed by atoms with Crippen LogP contribution in [0.25, 0.3) is 11.1 Å². The van der Waals surface area contributed by atoms with Crippen LogP contribution in [0.5, 0.6) is 0 Å². The van der Waals surface area contributed by atoms with Crippen molar-refractivity contribution >= 4 is 0 Å². The number of benzene rings is 1. The molecule has 0 aliphatic heterocycles. The largest absolute Gasteiger partial charge is 0.433 e. The Labute approximate surface area is 116 Å². The first kappa shape index (κ1) is 14.9. The summed E-state index contributed by atoms with van der Waals surface area (Å²) in [4.78, 5) is 3.22. The molecule has 21 heavy (non-hydrogen) atoms. The first-order valence-corrected chi connectivity index (χ1v) is 5.72. The van der Waals surface area contributed by atoms with Gasteiger partial charge in [-0.15, -0.1) is 0 Å². The SMILES string of the molecule is N#CCc1ccnc(C(F)(F)F)c1-c1cccc(F)c1F. The van der Waals surface area contributed by atoms with Gasteiger partial charge in [-0.1, -0.05) is 12.1 Å². The van der Waals surface area contributed by atoms with Gasteiger partial charge in [0.15, 0.2) is 17.3 Å². The maximum atomic E-state index is 13.8. The highest BCUT2D eigenvalue weighted by Gasteiger charge is 2.37. The lowest BCUT2D eigenvalue weighted by molar-refractivity contribution is -0.140. The van der Waals surface area contributed by atoms with E-state index in [2.05, 4.69) is 4.98 Å². The Kier molecular flexibility index (Phi) is 3.89. The summed E-state index contributed by atoms with van der Waals surface area (Å²) in [7, 11) is 0. The minimum atomic E-state index is -4.85. The zero-order valence-corrected chi connectivity index (χ0v) is 10.4. The fourth-order valence-electron chi connectivity index (χ4n) is 1.95. The maximum absolute atomic E-state index is 13.8. The number of hydrogen-bond donors (Lipinski definition) is 0. The van der Waals surface area contributed by atoms with Crippen LogP contribution in [0, 0.1) is 23.0 Å². The van der Waals surface area contributed by atoms with Gasteiger partial charge in [-0.05, 0) is 17.7 Å². The number of pyridine rings is 1. The second-order valence-electron chi connectivity index (χ2n) is 4.13. The normalized spacial score (nSPS) is 11.2. The second-order valence-corrected chi connectivity index (χ2v) is 4.13.